The van der Waals surface area contributed by atoms with E-state index in [2.05, 4.69) is 25.9 Å². The third-order valence-electron chi connectivity index (χ3n) is 3.40. The fraction of sp³-hybridized carbons (Fsp3) is 0.692. The Balaban J connectivity index is 2.26. The first-order valence-corrected chi connectivity index (χ1v) is 7.60. The molecule has 0 N–H and O–H groups in total. The summed E-state index contributed by atoms with van der Waals surface area (Å²) in [7, 11) is 1.66. The monoisotopic (exact) mass is 332 g/mol. The van der Waals surface area contributed by atoms with Gasteiger partial charge in [-0.05, 0) is 28.8 Å². The molecule has 0 bridgehead atoms. The Morgan fingerprint density at radius 2 is 1.89 bits per heavy atom. The van der Waals surface area contributed by atoms with Crippen molar-refractivity contribution in [2.75, 3.05) is 7.11 Å². The van der Waals surface area contributed by atoms with Crippen molar-refractivity contribution in [2.45, 2.75) is 51.0 Å². The van der Waals surface area contributed by atoms with E-state index in [0.717, 1.165) is 16.0 Å². The second kappa shape index (κ2) is 6.83. The predicted molar refractivity (Wildman–Crippen MR) is 75.9 cm³/mol. The maximum Gasteiger partial charge on any atom is 0.147 e. The fourth-order valence-corrected chi connectivity index (χ4v) is 2.92. The molecule has 1 heterocycles. The summed E-state index contributed by atoms with van der Waals surface area (Å²) < 4.78 is 5.90. The molecular formula is C13H18BrClN2O. The van der Waals surface area contributed by atoms with E-state index in [9.17, 15) is 0 Å². The largest absolute Gasteiger partial charge is 0.378 e. The molecule has 0 amide bonds. The minimum absolute atomic E-state index is 0.453. The first kappa shape index (κ1) is 14.2. The third kappa shape index (κ3) is 3.43. The van der Waals surface area contributed by atoms with Crippen molar-refractivity contribution >= 4 is 27.5 Å². The number of hydrogen-bond donors (Lipinski definition) is 0. The molecule has 1 aromatic heterocycles. The molecule has 3 nitrogen and oxygen atoms in total. The van der Waals surface area contributed by atoms with Crippen molar-refractivity contribution in [1.29, 1.82) is 0 Å². The zero-order valence-electron chi connectivity index (χ0n) is 10.6. The van der Waals surface area contributed by atoms with Crippen LogP contribution < -0.4 is 0 Å². The number of methoxy groups -OCH3 is 1. The van der Waals surface area contributed by atoms with Gasteiger partial charge in [-0.25, -0.2) is 9.97 Å². The van der Waals surface area contributed by atoms with Crippen LogP contribution in [0.2, 0.25) is 5.15 Å². The van der Waals surface area contributed by atoms with E-state index in [0.29, 0.717) is 17.7 Å². The molecule has 0 spiro atoms. The first-order chi connectivity index (χ1) is 8.72. The van der Waals surface area contributed by atoms with Gasteiger partial charge in [0, 0.05) is 13.0 Å². The average Bonchev–Trinajstić information content (AvgIpc) is 2.63. The normalized spacial score (nSPS) is 17.7. The van der Waals surface area contributed by atoms with E-state index < -0.39 is 0 Å². The van der Waals surface area contributed by atoms with Gasteiger partial charge in [-0.1, -0.05) is 37.3 Å². The maximum absolute atomic E-state index is 6.16. The van der Waals surface area contributed by atoms with Gasteiger partial charge in [0.05, 0.1) is 16.8 Å². The predicted octanol–water partition coefficient (Wildman–Crippen LogP) is 4.48. The van der Waals surface area contributed by atoms with Gasteiger partial charge < -0.3 is 4.74 Å². The minimum atomic E-state index is 0.453. The summed E-state index contributed by atoms with van der Waals surface area (Å²) in [6.45, 7) is 0.461. The van der Waals surface area contributed by atoms with Gasteiger partial charge in [0.25, 0.3) is 0 Å². The Bertz CT molecular complexity index is 406. The van der Waals surface area contributed by atoms with E-state index >= 15 is 0 Å². The van der Waals surface area contributed by atoms with Crippen LogP contribution >= 0.6 is 27.5 Å². The standard InChI is InChI=1S/C13H18BrClN2O/c1-18-8-10-11(14)12(15)17-13(16-10)9-6-4-2-3-5-7-9/h9H,2-8H2,1H3. The molecule has 100 valence electrons. The summed E-state index contributed by atoms with van der Waals surface area (Å²) in [5.41, 5.74) is 0.844. The fourth-order valence-electron chi connectivity index (χ4n) is 2.43. The number of hydrogen-bond acceptors (Lipinski definition) is 3. The summed E-state index contributed by atoms with van der Waals surface area (Å²) in [6.07, 6.45) is 7.52. The molecule has 5 heteroatoms. The Kier molecular flexibility index (Phi) is 5.39. The molecule has 0 aliphatic heterocycles. The van der Waals surface area contributed by atoms with Crippen molar-refractivity contribution < 1.29 is 4.74 Å². The second-order valence-corrected chi connectivity index (χ2v) is 5.91. The van der Waals surface area contributed by atoms with Gasteiger partial charge in [0.15, 0.2) is 0 Å². The van der Waals surface area contributed by atoms with Crippen LogP contribution in [0.25, 0.3) is 0 Å². The van der Waals surface area contributed by atoms with E-state index in [1.807, 2.05) is 0 Å². The summed E-state index contributed by atoms with van der Waals surface area (Å²) in [6, 6.07) is 0. The molecule has 1 aliphatic rings. The number of nitrogens with zero attached hydrogens (tertiary/aromatic N) is 2. The van der Waals surface area contributed by atoms with Crippen LogP contribution in [0.1, 0.15) is 56.0 Å². The van der Waals surface area contributed by atoms with E-state index in [4.69, 9.17) is 16.3 Å². The molecule has 0 radical (unpaired) electrons. The Labute approximate surface area is 121 Å². The van der Waals surface area contributed by atoms with Crippen molar-refractivity contribution in [3.05, 3.63) is 21.1 Å². The van der Waals surface area contributed by atoms with Gasteiger partial charge in [-0.2, -0.15) is 0 Å². The number of halogens is 2. The van der Waals surface area contributed by atoms with Crippen LogP contribution in [0.15, 0.2) is 4.47 Å². The van der Waals surface area contributed by atoms with Crippen LogP contribution in [0.3, 0.4) is 0 Å². The Morgan fingerprint density at radius 3 is 2.50 bits per heavy atom. The lowest BCUT2D eigenvalue weighted by molar-refractivity contribution is 0.180. The van der Waals surface area contributed by atoms with Crippen LogP contribution in [0.5, 0.6) is 0 Å². The van der Waals surface area contributed by atoms with Crippen molar-refractivity contribution in [3.63, 3.8) is 0 Å². The van der Waals surface area contributed by atoms with Gasteiger partial charge in [0.1, 0.15) is 11.0 Å². The molecule has 0 unspecified atom stereocenters. The first-order valence-electron chi connectivity index (χ1n) is 6.43. The van der Waals surface area contributed by atoms with Crippen molar-refractivity contribution in [3.8, 4) is 0 Å². The molecule has 18 heavy (non-hydrogen) atoms. The van der Waals surface area contributed by atoms with Crippen LogP contribution in [0, 0.1) is 0 Å². The third-order valence-corrected chi connectivity index (χ3v) is 4.73. The summed E-state index contributed by atoms with van der Waals surface area (Å²) in [5, 5.41) is 0.497. The van der Waals surface area contributed by atoms with Gasteiger partial charge >= 0.3 is 0 Å². The van der Waals surface area contributed by atoms with Crippen LogP contribution in [-0.2, 0) is 11.3 Å². The quantitative estimate of drug-likeness (QED) is 0.604. The number of rotatable bonds is 3. The molecular weight excluding hydrogens is 316 g/mol. The van der Waals surface area contributed by atoms with Gasteiger partial charge in [-0.3, -0.25) is 0 Å². The van der Waals surface area contributed by atoms with E-state index in [1.165, 1.54) is 38.5 Å². The van der Waals surface area contributed by atoms with Crippen LogP contribution in [-0.4, -0.2) is 17.1 Å². The number of ether oxygens (including phenoxy) is 1. The molecule has 1 saturated carbocycles. The van der Waals surface area contributed by atoms with Crippen molar-refractivity contribution in [1.82, 2.24) is 9.97 Å². The van der Waals surface area contributed by atoms with Crippen molar-refractivity contribution in [2.24, 2.45) is 0 Å². The summed E-state index contributed by atoms with van der Waals surface area (Å²) in [5.74, 6) is 1.34. The molecule has 1 aromatic rings. The highest BCUT2D eigenvalue weighted by atomic mass is 79.9. The lowest BCUT2D eigenvalue weighted by Gasteiger charge is -2.15. The lowest BCUT2D eigenvalue weighted by atomic mass is 9.99. The summed E-state index contributed by atoms with van der Waals surface area (Å²) in [4.78, 5) is 9.05. The highest BCUT2D eigenvalue weighted by Crippen LogP contribution is 2.32. The summed E-state index contributed by atoms with van der Waals surface area (Å²) >= 11 is 9.58. The Morgan fingerprint density at radius 1 is 1.22 bits per heavy atom. The zero-order valence-corrected chi connectivity index (χ0v) is 12.9. The zero-order chi connectivity index (χ0) is 13.0. The SMILES string of the molecule is COCc1nc(C2CCCCCC2)nc(Cl)c1Br. The Hall–Kier alpha value is -0.190. The lowest BCUT2D eigenvalue weighted by Crippen LogP contribution is -2.08. The molecule has 0 saturated heterocycles. The maximum atomic E-state index is 6.16. The average molecular weight is 334 g/mol. The topological polar surface area (TPSA) is 35.0 Å². The molecule has 1 fully saturated rings. The highest BCUT2D eigenvalue weighted by molar-refractivity contribution is 9.10. The van der Waals surface area contributed by atoms with Crippen LogP contribution in [0.4, 0.5) is 0 Å². The smallest absolute Gasteiger partial charge is 0.147 e. The molecule has 0 atom stereocenters. The molecule has 1 aliphatic carbocycles. The van der Waals surface area contributed by atoms with E-state index in [-0.39, 0.29) is 0 Å². The minimum Gasteiger partial charge on any atom is -0.378 e. The molecule has 0 aromatic carbocycles. The highest BCUT2D eigenvalue weighted by Gasteiger charge is 2.20. The second-order valence-electron chi connectivity index (χ2n) is 4.75. The number of aromatic nitrogens is 2. The van der Waals surface area contributed by atoms with Gasteiger partial charge in [-0.15, -0.1) is 0 Å². The molecule has 2 rings (SSSR count). The van der Waals surface area contributed by atoms with E-state index in [1.54, 1.807) is 7.11 Å². The van der Waals surface area contributed by atoms with Gasteiger partial charge in [0.2, 0.25) is 0 Å².